The van der Waals surface area contributed by atoms with E-state index in [2.05, 4.69) is 0 Å². The highest BCUT2D eigenvalue weighted by Gasteiger charge is 2.23. The summed E-state index contributed by atoms with van der Waals surface area (Å²) >= 11 is 0. The van der Waals surface area contributed by atoms with Crippen LogP contribution in [-0.2, 0) is 41.8 Å². The van der Waals surface area contributed by atoms with E-state index in [-0.39, 0.29) is 19.8 Å². The average Bonchev–Trinajstić information content (AvgIpc) is 2.76. The van der Waals surface area contributed by atoms with Gasteiger partial charge in [-0.1, -0.05) is 60.7 Å². The third-order valence-corrected chi connectivity index (χ3v) is 4.11. The molecule has 3 atom stereocenters. The molecule has 0 fully saturated rings. The Morgan fingerprint density at radius 1 is 0.786 bits per heavy atom. The Hall–Kier alpha value is -2.38. The van der Waals surface area contributed by atoms with Crippen LogP contribution in [0.25, 0.3) is 0 Å². The molecule has 2 rings (SSSR count). The molecule has 0 aliphatic rings. The van der Waals surface area contributed by atoms with Crippen molar-refractivity contribution in [3.8, 4) is 0 Å². The number of hydrogen-bond acceptors (Lipinski definition) is 6. The zero-order valence-electron chi connectivity index (χ0n) is 15.9. The van der Waals surface area contributed by atoms with Gasteiger partial charge in [-0.3, -0.25) is 0 Å². The van der Waals surface area contributed by atoms with Gasteiger partial charge in [0.25, 0.3) is 0 Å². The molecule has 2 aromatic carbocycles. The van der Waals surface area contributed by atoms with Gasteiger partial charge >= 0.3 is 0 Å². The van der Waals surface area contributed by atoms with Gasteiger partial charge in [-0.25, -0.2) is 0 Å². The van der Waals surface area contributed by atoms with Gasteiger partial charge in [-0.05, 0) is 11.1 Å². The summed E-state index contributed by atoms with van der Waals surface area (Å²) in [6, 6.07) is 19.2. The summed E-state index contributed by atoms with van der Waals surface area (Å²) in [7, 11) is 1.47. The lowest BCUT2D eigenvalue weighted by atomic mass is 10.2. The van der Waals surface area contributed by atoms with Crippen molar-refractivity contribution in [2.75, 3.05) is 20.3 Å². The number of carbonyl (C=O) groups excluding carboxylic acids is 2. The fourth-order valence-electron chi connectivity index (χ4n) is 2.51. The summed E-state index contributed by atoms with van der Waals surface area (Å²) in [4.78, 5) is 22.7. The van der Waals surface area contributed by atoms with Crippen molar-refractivity contribution in [2.45, 2.75) is 31.5 Å². The first-order valence-electron chi connectivity index (χ1n) is 9.09. The molecule has 0 bridgehead atoms. The minimum Gasteiger partial charge on any atom is -0.376 e. The lowest BCUT2D eigenvalue weighted by Crippen LogP contribution is -2.38. The molecular formula is C22H26O6. The molecule has 0 spiro atoms. The van der Waals surface area contributed by atoms with Gasteiger partial charge in [0.2, 0.25) is 0 Å². The molecule has 0 aliphatic heterocycles. The predicted molar refractivity (Wildman–Crippen MR) is 104 cm³/mol. The van der Waals surface area contributed by atoms with Gasteiger partial charge in [0.15, 0.2) is 12.6 Å². The quantitative estimate of drug-likeness (QED) is 0.465. The molecular weight excluding hydrogens is 360 g/mol. The molecule has 0 radical (unpaired) electrons. The monoisotopic (exact) mass is 386 g/mol. The molecule has 6 nitrogen and oxygen atoms in total. The van der Waals surface area contributed by atoms with E-state index in [1.807, 2.05) is 60.7 Å². The third kappa shape index (κ3) is 7.70. The van der Waals surface area contributed by atoms with Crippen LogP contribution in [0.4, 0.5) is 0 Å². The highest BCUT2D eigenvalue weighted by Crippen LogP contribution is 2.09. The Balaban J connectivity index is 1.76. The van der Waals surface area contributed by atoms with Crippen LogP contribution < -0.4 is 0 Å². The maximum atomic E-state index is 11.4. The van der Waals surface area contributed by atoms with E-state index in [4.69, 9.17) is 18.9 Å². The van der Waals surface area contributed by atoms with Gasteiger partial charge < -0.3 is 28.5 Å². The van der Waals surface area contributed by atoms with E-state index in [1.165, 1.54) is 7.11 Å². The summed E-state index contributed by atoms with van der Waals surface area (Å²) in [6.07, 6.45) is -0.816. The van der Waals surface area contributed by atoms with Crippen LogP contribution in [0, 0.1) is 0 Å². The fourth-order valence-corrected chi connectivity index (χ4v) is 2.51. The van der Waals surface area contributed by atoms with Gasteiger partial charge in [0.1, 0.15) is 18.3 Å². The summed E-state index contributed by atoms with van der Waals surface area (Å²) in [5, 5.41) is 0. The summed E-state index contributed by atoms with van der Waals surface area (Å²) < 4.78 is 22.1. The molecule has 2 aromatic rings. The van der Waals surface area contributed by atoms with E-state index in [1.54, 1.807) is 0 Å². The second-order valence-electron chi connectivity index (χ2n) is 6.18. The molecule has 6 heteroatoms. The Kier molecular flexibility index (Phi) is 10.1. The molecule has 150 valence electrons. The van der Waals surface area contributed by atoms with Crippen molar-refractivity contribution < 1.29 is 28.5 Å². The van der Waals surface area contributed by atoms with E-state index in [9.17, 15) is 9.59 Å². The van der Waals surface area contributed by atoms with Crippen LogP contribution >= 0.6 is 0 Å². The molecule has 0 aliphatic carbocycles. The summed E-state index contributed by atoms with van der Waals surface area (Å²) in [5.41, 5.74) is 1.96. The molecule has 0 saturated heterocycles. The van der Waals surface area contributed by atoms with Gasteiger partial charge in [-0.2, -0.15) is 0 Å². The van der Waals surface area contributed by atoms with Gasteiger partial charge in [0, 0.05) is 7.11 Å². The molecule has 28 heavy (non-hydrogen) atoms. The van der Waals surface area contributed by atoms with E-state index < -0.39 is 18.3 Å². The number of ether oxygens (including phenoxy) is 4. The standard InChI is InChI=1S/C22H26O6/c1-25-22(21(13-24)28-15-19-10-6-3-7-11-19)17-27-20(12-23)16-26-14-18-8-4-2-5-9-18/h2-13,20-22H,14-17H2,1H3/t20-,21+,22-/m0/s1. The second kappa shape index (κ2) is 12.9. The Morgan fingerprint density at radius 2 is 1.39 bits per heavy atom. The number of rotatable bonds is 14. The maximum absolute atomic E-state index is 11.4. The van der Waals surface area contributed by atoms with E-state index >= 15 is 0 Å². The largest absolute Gasteiger partial charge is 0.376 e. The van der Waals surface area contributed by atoms with E-state index in [0.717, 1.165) is 11.1 Å². The maximum Gasteiger partial charge on any atom is 0.151 e. The van der Waals surface area contributed by atoms with Crippen molar-refractivity contribution >= 4 is 12.6 Å². The zero-order valence-corrected chi connectivity index (χ0v) is 15.9. The fraction of sp³-hybridized carbons (Fsp3) is 0.364. The first-order valence-corrected chi connectivity index (χ1v) is 9.09. The highest BCUT2D eigenvalue weighted by atomic mass is 16.6. The highest BCUT2D eigenvalue weighted by molar-refractivity contribution is 5.57. The topological polar surface area (TPSA) is 71.1 Å². The third-order valence-electron chi connectivity index (χ3n) is 4.11. The SMILES string of the molecule is CO[C@@H](CO[C@@H](C=O)COCc1ccccc1)[C@@H](C=O)OCc1ccccc1. The van der Waals surface area contributed by atoms with Crippen molar-refractivity contribution in [3.63, 3.8) is 0 Å². The van der Waals surface area contributed by atoms with Crippen LogP contribution in [-0.4, -0.2) is 51.2 Å². The molecule has 0 N–H and O–H groups in total. The lowest BCUT2D eigenvalue weighted by Gasteiger charge is -2.23. The number of aldehydes is 2. The van der Waals surface area contributed by atoms with Crippen LogP contribution in [0.3, 0.4) is 0 Å². The molecule has 0 amide bonds. The average molecular weight is 386 g/mol. The Bertz CT molecular complexity index is 676. The number of methoxy groups -OCH3 is 1. The van der Waals surface area contributed by atoms with Crippen LogP contribution in [0.5, 0.6) is 0 Å². The molecule has 0 heterocycles. The first kappa shape index (κ1) is 21.9. The summed E-state index contributed by atoms with van der Waals surface area (Å²) in [6.45, 7) is 0.819. The van der Waals surface area contributed by atoms with Crippen molar-refractivity contribution in [3.05, 3.63) is 71.8 Å². The number of carbonyl (C=O) groups is 2. The Morgan fingerprint density at radius 3 is 1.93 bits per heavy atom. The lowest BCUT2D eigenvalue weighted by molar-refractivity contribution is -0.143. The van der Waals surface area contributed by atoms with Gasteiger partial charge in [0.05, 0.1) is 26.4 Å². The normalized spacial score (nSPS) is 14.2. The van der Waals surface area contributed by atoms with Crippen LogP contribution in [0.1, 0.15) is 11.1 Å². The number of benzene rings is 2. The van der Waals surface area contributed by atoms with Gasteiger partial charge in [-0.15, -0.1) is 0 Å². The Labute approximate surface area is 165 Å². The zero-order chi connectivity index (χ0) is 20.0. The molecule has 0 unspecified atom stereocenters. The second-order valence-corrected chi connectivity index (χ2v) is 6.18. The van der Waals surface area contributed by atoms with Crippen molar-refractivity contribution in [1.29, 1.82) is 0 Å². The summed E-state index contributed by atoms with van der Waals surface area (Å²) in [5.74, 6) is 0. The minimum atomic E-state index is -0.803. The minimum absolute atomic E-state index is 0.0345. The number of hydrogen-bond donors (Lipinski definition) is 0. The first-order chi connectivity index (χ1) is 13.8. The smallest absolute Gasteiger partial charge is 0.151 e. The molecule has 0 aromatic heterocycles. The van der Waals surface area contributed by atoms with E-state index in [0.29, 0.717) is 19.2 Å². The predicted octanol–water partition coefficient (Wildman–Crippen LogP) is 2.59. The van der Waals surface area contributed by atoms with Crippen LogP contribution in [0.2, 0.25) is 0 Å². The van der Waals surface area contributed by atoms with Crippen molar-refractivity contribution in [2.24, 2.45) is 0 Å². The molecule has 0 saturated carbocycles. The van der Waals surface area contributed by atoms with Crippen LogP contribution in [0.15, 0.2) is 60.7 Å². The van der Waals surface area contributed by atoms with Crippen molar-refractivity contribution in [1.82, 2.24) is 0 Å².